The number of anilines is 1. The molecule has 2 aromatic heterocycles. The Morgan fingerprint density at radius 1 is 1.12 bits per heavy atom. The van der Waals surface area contributed by atoms with Crippen molar-refractivity contribution in [2.75, 3.05) is 5.73 Å². The van der Waals surface area contributed by atoms with Crippen LogP contribution in [0.2, 0.25) is 0 Å². The molecule has 0 aliphatic rings. The van der Waals surface area contributed by atoms with Gasteiger partial charge in [-0.3, -0.25) is 4.98 Å². The Balaban J connectivity index is 2.50. The molecule has 0 radical (unpaired) electrons. The second kappa shape index (κ2) is 4.26. The predicted octanol–water partition coefficient (Wildman–Crippen LogP) is 2.24. The summed E-state index contributed by atoms with van der Waals surface area (Å²) in [4.78, 5) is 12.4. The first-order valence-corrected chi connectivity index (χ1v) is 5.21. The van der Waals surface area contributed by atoms with Crippen molar-refractivity contribution < 1.29 is 0 Å². The quantitative estimate of drug-likeness (QED) is 0.832. The van der Waals surface area contributed by atoms with E-state index >= 15 is 0 Å². The summed E-state index contributed by atoms with van der Waals surface area (Å²) in [5.41, 5.74) is 8.51. The highest BCUT2D eigenvalue weighted by Gasteiger charge is 2.07. The minimum atomic E-state index is 0.318. The van der Waals surface area contributed by atoms with Crippen LogP contribution in [0.3, 0.4) is 0 Å². The maximum absolute atomic E-state index is 5.70. The van der Waals surface area contributed by atoms with E-state index in [2.05, 4.69) is 28.8 Å². The second-order valence-electron chi connectivity index (χ2n) is 3.93. The summed E-state index contributed by atoms with van der Waals surface area (Å²) < 4.78 is 0. The summed E-state index contributed by atoms with van der Waals surface area (Å²) >= 11 is 0. The molecule has 0 fully saturated rings. The summed E-state index contributed by atoms with van der Waals surface area (Å²) in [7, 11) is 0. The summed E-state index contributed by atoms with van der Waals surface area (Å²) in [5.74, 6) is 0.656. The number of nitrogens with two attached hydrogens (primary N) is 1. The van der Waals surface area contributed by atoms with E-state index in [1.54, 1.807) is 12.4 Å². The molecule has 0 bridgehead atoms. The Morgan fingerprint density at radius 2 is 1.81 bits per heavy atom. The predicted molar refractivity (Wildman–Crippen MR) is 63.8 cm³/mol. The average molecular weight is 214 g/mol. The van der Waals surface area contributed by atoms with Crippen LogP contribution < -0.4 is 5.73 Å². The molecule has 2 N–H and O–H groups in total. The van der Waals surface area contributed by atoms with E-state index in [9.17, 15) is 0 Å². The number of hydrogen-bond donors (Lipinski definition) is 1. The van der Waals surface area contributed by atoms with Gasteiger partial charge >= 0.3 is 0 Å². The van der Waals surface area contributed by atoms with Crippen molar-refractivity contribution in [3.8, 4) is 11.3 Å². The van der Waals surface area contributed by atoms with Crippen LogP contribution in [-0.2, 0) is 0 Å². The fraction of sp³-hybridized carbons (Fsp3) is 0.250. The van der Waals surface area contributed by atoms with Gasteiger partial charge in [-0.15, -0.1) is 0 Å². The van der Waals surface area contributed by atoms with E-state index in [1.807, 2.05) is 18.2 Å². The third-order valence-electron chi connectivity index (χ3n) is 2.33. The van der Waals surface area contributed by atoms with Gasteiger partial charge in [0.05, 0.1) is 5.69 Å². The topological polar surface area (TPSA) is 64.7 Å². The molecule has 16 heavy (non-hydrogen) atoms. The van der Waals surface area contributed by atoms with E-state index in [0.717, 1.165) is 17.0 Å². The van der Waals surface area contributed by atoms with Crippen LogP contribution in [0.5, 0.6) is 0 Å². The van der Waals surface area contributed by atoms with Gasteiger partial charge in [0.2, 0.25) is 5.95 Å². The van der Waals surface area contributed by atoms with Crippen LogP contribution in [0.25, 0.3) is 11.3 Å². The van der Waals surface area contributed by atoms with Gasteiger partial charge in [0.15, 0.2) is 0 Å². The van der Waals surface area contributed by atoms with Crippen LogP contribution in [0.4, 0.5) is 5.95 Å². The lowest BCUT2D eigenvalue weighted by atomic mass is 10.1. The monoisotopic (exact) mass is 214 g/mol. The lowest BCUT2D eigenvalue weighted by Gasteiger charge is -2.08. The average Bonchev–Trinajstić information content (AvgIpc) is 2.29. The van der Waals surface area contributed by atoms with E-state index in [4.69, 9.17) is 5.73 Å². The molecule has 2 rings (SSSR count). The van der Waals surface area contributed by atoms with Gasteiger partial charge < -0.3 is 5.73 Å². The van der Waals surface area contributed by atoms with Crippen LogP contribution in [0.15, 0.2) is 30.6 Å². The van der Waals surface area contributed by atoms with Crippen molar-refractivity contribution in [3.63, 3.8) is 0 Å². The molecule has 0 aliphatic heterocycles. The van der Waals surface area contributed by atoms with E-state index in [0.29, 0.717) is 11.9 Å². The third-order valence-corrected chi connectivity index (χ3v) is 2.33. The molecule has 0 spiro atoms. The Labute approximate surface area is 94.6 Å². The second-order valence-corrected chi connectivity index (χ2v) is 3.93. The van der Waals surface area contributed by atoms with Crippen molar-refractivity contribution in [1.82, 2.24) is 15.0 Å². The molecule has 4 nitrogen and oxygen atoms in total. The Hall–Kier alpha value is -1.97. The zero-order valence-corrected chi connectivity index (χ0v) is 9.38. The standard InChI is InChI=1S/C12H14N4/c1-8(2)10-7-11(16-12(13)15-10)9-3-5-14-6-4-9/h3-8H,1-2H3,(H2,13,15,16). The first kappa shape index (κ1) is 10.5. The minimum Gasteiger partial charge on any atom is -0.368 e. The number of hydrogen-bond acceptors (Lipinski definition) is 4. The van der Waals surface area contributed by atoms with Crippen LogP contribution in [-0.4, -0.2) is 15.0 Å². The number of rotatable bonds is 2. The zero-order chi connectivity index (χ0) is 11.5. The van der Waals surface area contributed by atoms with Gasteiger partial charge in [0, 0.05) is 23.7 Å². The lowest BCUT2D eigenvalue weighted by molar-refractivity contribution is 0.819. The fourth-order valence-electron chi connectivity index (χ4n) is 1.45. The Bertz CT molecular complexity index is 480. The maximum Gasteiger partial charge on any atom is 0.220 e. The molecule has 0 amide bonds. The smallest absolute Gasteiger partial charge is 0.220 e. The van der Waals surface area contributed by atoms with E-state index < -0.39 is 0 Å². The molecule has 2 heterocycles. The highest BCUT2D eigenvalue weighted by molar-refractivity contribution is 5.59. The van der Waals surface area contributed by atoms with Gasteiger partial charge in [-0.2, -0.15) is 0 Å². The van der Waals surface area contributed by atoms with E-state index in [-0.39, 0.29) is 0 Å². The van der Waals surface area contributed by atoms with Crippen molar-refractivity contribution >= 4 is 5.95 Å². The minimum absolute atomic E-state index is 0.318. The van der Waals surface area contributed by atoms with Crippen LogP contribution >= 0.6 is 0 Å². The lowest BCUT2D eigenvalue weighted by Crippen LogP contribution is -2.02. The zero-order valence-electron chi connectivity index (χ0n) is 9.38. The summed E-state index contributed by atoms with van der Waals surface area (Å²) in [6, 6.07) is 5.79. The molecule has 4 heteroatoms. The molecular formula is C12H14N4. The first-order chi connectivity index (χ1) is 7.66. The van der Waals surface area contributed by atoms with Gasteiger partial charge in [-0.05, 0) is 24.1 Å². The van der Waals surface area contributed by atoms with Crippen molar-refractivity contribution in [2.45, 2.75) is 19.8 Å². The highest BCUT2D eigenvalue weighted by Crippen LogP contribution is 2.21. The molecule has 82 valence electrons. The van der Waals surface area contributed by atoms with Crippen LogP contribution in [0.1, 0.15) is 25.5 Å². The number of pyridine rings is 1. The molecule has 0 saturated carbocycles. The molecule has 0 atom stereocenters. The summed E-state index contributed by atoms with van der Waals surface area (Å²) in [6.07, 6.45) is 3.48. The van der Waals surface area contributed by atoms with Gasteiger partial charge in [-0.1, -0.05) is 13.8 Å². The number of nitrogen functional groups attached to an aromatic ring is 1. The molecule has 0 aliphatic carbocycles. The van der Waals surface area contributed by atoms with Crippen LogP contribution in [0, 0.1) is 0 Å². The summed E-state index contributed by atoms with van der Waals surface area (Å²) in [5, 5.41) is 0. The molecular weight excluding hydrogens is 200 g/mol. The third kappa shape index (κ3) is 2.16. The maximum atomic E-state index is 5.70. The van der Waals surface area contributed by atoms with Crippen molar-refractivity contribution in [3.05, 3.63) is 36.3 Å². The van der Waals surface area contributed by atoms with Gasteiger partial charge in [-0.25, -0.2) is 9.97 Å². The first-order valence-electron chi connectivity index (χ1n) is 5.21. The van der Waals surface area contributed by atoms with Gasteiger partial charge in [0.25, 0.3) is 0 Å². The van der Waals surface area contributed by atoms with E-state index in [1.165, 1.54) is 0 Å². The number of nitrogens with zero attached hydrogens (tertiary/aromatic N) is 3. The normalized spacial score (nSPS) is 10.7. The molecule has 0 aromatic carbocycles. The van der Waals surface area contributed by atoms with Crippen molar-refractivity contribution in [2.24, 2.45) is 0 Å². The Kier molecular flexibility index (Phi) is 2.81. The summed E-state index contributed by atoms with van der Waals surface area (Å²) in [6.45, 7) is 4.16. The SMILES string of the molecule is CC(C)c1cc(-c2ccncc2)nc(N)n1. The molecule has 0 unspecified atom stereocenters. The Morgan fingerprint density at radius 3 is 2.44 bits per heavy atom. The largest absolute Gasteiger partial charge is 0.368 e. The molecule has 2 aromatic rings. The van der Waals surface area contributed by atoms with Crippen molar-refractivity contribution in [1.29, 1.82) is 0 Å². The number of aromatic nitrogens is 3. The fourth-order valence-corrected chi connectivity index (χ4v) is 1.45. The van der Waals surface area contributed by atoms with Gasteiger partial charge in [0.1, 0.15) is 0 Å². The molecule has 0 saturated heterocycles. The highest BCUT2D eigenvalue weighted by atomic mass is 15.0.